The highest BCUT2D eigenvalue weighted by molar-refractivity contribution is 5.91. The van der Waals surface area contributed by atoms with Gasteiger partial charge < -0.3 is 5.32 Å². The van der Waals surface area contributed by atoms with E-state index in [4.69, 9.17) is 0 Å². The van der Waals surface area contributed by atoms with Gasteiger partial charge in [0.2, 0.25) is 0 Å². The molecule has 0 aliphatic rings. The Labute approximate surface area is 80.7 Å². The Bertz CT molecular complexity index is 214. The van der Waals surface area contributed by atoms with Gasteiger partial charge >= 0.3 is 0 Å². The molecule has 0 unspecified atom stereocenters. The standard InChI is InChI=1S/C11H19NO/c1-8(2)11(13)7-6-10(5)12-9(3)4/h6-9,12H,5H2,1-4H3. The Hall–Kier alpha value is -1.05. The van der Waals surface area contributed by atoms with Crippen LogP contribution in [0.25, 0.3) is 0 Å². The fraction of sp³-hybridized carbons (Fsp3) is 0.545. The summed E-state index contributed by atoms with van der Waals surface area (Å²) in [7, 11) is 0. The van der Waals surface area contributed by atoms with Gasteiger partial charge in [-0.05, 0) is 26.0 Å². The Morgan fingerprint density at radius 1 is 1.23 bits per heavy atom. The molecule has 0 spiro atoms. The second kappa shape index (κ2) is 5.57. The van der Waals surface area contributed by atoms with Crippen molar-refractivity contribution in [3.8, 4) is 0 Å². The molecular weight excluding hydrogens is 162 g/mol. The molecule has 0 atom stereocenters. The van der Waals surface area contributed by atoms with E-state index in [1.807, 2.05) is 27.7 Å². The van der Waals surface area contributed by atoms with Crippen LogP contribution in [0.4, 0.5) is 0 Å². The smallest absolute Gasteiger partial charge is 0.158 e. The van der Waals surface area contributed by atoms with E-state index in [-0.39, 0.29) is 11.7 Å². The van der Waals surface area contributed by atoms with E-state index in [1.54, 1.807) is 12.2 Å². The molecule has 0 saturated heterocycles. The lowest BCUT2D eigenvalue weighted by molar-refractivity contribution is -0.117. The highest BCUT2D eigenvalue weighted by atomic mass is 16.1. The SMILES string of the molecule is C=C(C=CC(=O)C(C)C)NC(C)C. The summed E-state index contributed by atoms with van der Waals surface area (Å²) < 4.78 is 0. The van der Waals surface area contributed by atoms with Crippen LogP contribution in [-0.4, -0.2) is 11.8 Å². The lowest BCUT2D eigenvalue weighted by Crippen LogP contribution is -2.20. The molecule has 74 valence electrons. The number of ketones is 1. The van der Waals surface area contributed by atoms with Crippen LogP contribution in [0.15, 0.2) is 24.4 Å². The molecule has 0 bridgehead atoms. The summed E-state index contributed by atoms with van der Waals surface area (Å²) in [5.41, 5.74) is 0.781. The second-order valence-electron chi connectivity index (χ2n) is 3.71. The molecule has 0 aromatic carbocycles. The quantitative estimate of drug-likeness (QED) is 0.521. The first-order chi connectivity index (χ1) is 5.93. The number of carbonyl (C=O) groups is 1. The van der Waals surface area contributed by atoms with Crippen molar-refractivity contribution in [2.45, 2.75) is 33.7 Å². The molecule has 0 saturated carbocycles. The normalized spacial score (nSPS) is 11.2. The third-order valence-electron chi connectivity index (χ3n) is 1.49. The van der Waals surface area contributed by atoms with Crippen LogP contribution in [0.5, 0.6) is 0 Å². The predicted octanol–water partition coefficient (Wildman–Crippen LogP) is 2.28. The van der Waals surface area contributed by atoms with Crippen LogP contribution in [0.2, 0.25) is 0 Å². The number of hydrogen-bond donors (Lipinski definition) is 1. The Morgan fingerprint density at radius 2 is 1.77 bits per heavy atom. The summed E-state index contributed by atoms with van der Waals surface area (Å²) in [6.45, 7) is 11.6. The van der Waals surface area contributed by atoms with Crippen LogP contribution < -0.4 is 5.32 Å². The first-order valence-electron chi connectivity index (χ1n) is 4.61. The average molecular weight is 181 g/mol. The lowest BCUT2D eigenvalue weighted by atomic mass is 10.1. The summed E-state index contributed by atoms with van der Waals surface area (Å²) in [6, 6.07) is 0.353. The highest BCUT2D eigenvalue weighted by Gasteiger charge is 2.01. The molecule has 13 heavy (non-hydrogen) atoms. The molecule has 0 aliphatic heterocycles. The summed E-state index contributed by atoms with van der Waals surface area (Å²) >= 11 is 0. The maximum Gasteiger partial charge on any atom is 0.158 e. The molecule has 0 amide bonds. The lowest BCUT2D eigenvalue weighted by Gasteiger charge is -2.08. The molecule has 0 heterocycles. The van der Waals surface area contributed by atoms with Crippen LogP contribution in [0.1, 0.15) is 27.7 Å². The zero-order chi connectivity index (χ0) is 10.4. The van der Waals surface area contributed by atoms with Crippen molar-refractivity contribution in [1.29, 1.82) is 0 Å². The van der Waals surface area contributed by atoms with Gasteiger partial charge in [0.1, 0.15) is 0 Å². The molecule has 0 aromatic rings. The average Bonchev–Trinajstić information content (AvgIpc) is 1.98. The highest BCUT2D eigenvalue weighted by Crippen LogP contribution is 1.97. The van der Waals surface area contributed by atoms with Gasteiger partial charge in [0, 0.05) is 17.7 Å². The van der Waals surface area contributed by atoms with Crippen LogP contribution in [-0.2, 0) is 4.79 Å². The van der Waals surface area contributed by atoms with Crippen molar-refractivity contribution in [3.05, 3.63) is 24.4 Å². The third-order valence-corrected chi connectivity index (χ3v) is 1.49. The maximum atomic E-state index is 11.2. The van der Waals surface area contributed by atoms with Gasteiger partial charge in [-0.25, -0.2) is 0 Å². The molecule has 2 nitrogen and oxygen atoms in total. The Kier molecular flexibility index (Phi) is 5.12. The number of carbonyl (C=O) groups excluding carboxylic acids is 1. The van der Waals surface area contributed by atoms with Gasteiger partial charge in [-0.3, -0.25) is 4.79 Å². The second-order valence-corrected chi connectivity index (χ2v) is 3.71. The molecule has 0 fully saturated rings. The van der Waals surface area contributed by atoms with Crippen molar-refractivity contribution >= 4 is 5.78 Å². The van der Waals surface area contributed by atoms with Gasteiger partial charge in [-0.2, -0.15) is 0 Å². The molecule has 2 heteroatoms. The molecule has 0 aromatic heterocycles. The Balaban J connectivity index is 3.98. The minimum absolute atomic E-state index is 0.0584. The van der Waals surface area contributed by atoms with Gasteiger partial charge in [0.05, 0.1) is 0 Å². The monoisotopic (exact) mass is 181 g/mol. The van der Waals surface area contributed by atoms with E-state index >= 15 is 0 Å². The van der Waals surface area contributed by atoms with Crippen molar-refractivity contribution in [2.24, 2.45) is 5.92 Å². The van der Waals surface area contributed by atoms with Crippen LogP contribution >= 0.6 is 0 Å². The zero-order valence-corrected chi connectivity index (χ0v) is 8.92. The minimum Gasteiger partial charge on any atom is -0.383 e. The number of rotatable bonds is 5. The summed E-state index contributed by atoms with van der Waals surface area (Å²) in [4.78, 5) is 11.2. The van der Waals surface area contributed by atoms with Crippen LogP contribution in [0, 0.1) is 5.92 Å². The largest absolute Gasteiger partial charge is 0.383 e. The third kappa shape index (κ3) is 6.14. The predicted molar refractivity (Wildman–Crippen MR) is 56.4 cm³/mol. The molecule has 0 rings (SSSR count). The molecule has 0 radical (unpaired) electrons. The van der Waals surface area contributed by atoms with E-state index in [9.17, 15) is 4.79 Å². The van der Waals surface area contributed by atoms with Gasteiger partial charge in [-0.15, -0.1) is 0 Å². The van der Waals surface area contributed by atoms with Crippen molar-refractivity contribution in [2.75, 3.05) is 0 Å². The van der Waals surface area contributed by atoms with E-state index in [0.29, 0.717) is 6.04 Å². The van der Waals surface area contributed by atoms with Gasteiger partial charge in [-0.1, -0.05) is 20.4 Å². The molecule has 1 N–H and O–H groups in total. The maximum absolute atomic E-state index is 11.2. The van der Waals surface area contributed by atoms with Crippen molar-refractivity contribution in [3.63, 3.8) is 0 Å². The Morgan fingerprint density at radius 3 is 2.15 bits per heavy atom. The van der Waals surface area contributed by atoms with E-state index < -0.39 is 0 Å². The number of nitrogens with one attached hydrogen (secondary N) is 1. The van der Waals surface area contributed by atoms with E-state index in [0.717, 1.165) is 5.70 Å². The zero-order valence-electron chi connectivity index (χ0n) is 8.92. The van der Waals surface area contributed by atoms with Gasteiger partial charge in [0.25, 0.3) is 0 Å². The number of hydrogen-bond acceptors (Lipinski definition) is 2. The van der Waals surface area contributed by atoms with Crippen molar-refractivity contribution < 1.29 is 4.79 Å². The first kappa shape index (κ1) is 11.9. The van der Waals surface area contributed by atoms with Gasteiger partial charge in [0.15, 0.2) is 5.78 Å². The summed E-state index contributed by atoms with van der Waals surface area (Å²) in [6.07, 6.45) is 3.30. The fourth-order valence-corrected chi connectivity index (χ4v) is 0.794. The fourth-order valence-electron chi connectivity index (χ4n) is 0.794. The topological polar surface area (TPSA) is 29.1 Å². The molecular formula is C11H19NO. The minimum atomic E-state index is 0.0584. The first-order valence-corrected chi connectivity index (χ1v) is 4.61. The molecule has 0 aliphatic carbocycles. The summed E-state index contributed by atoms with van der Waals surface area (Å²) in [5.74, 6) is 0.190. The summed E-state index contributed by atoms with van der Waals surface area (Å²) in [5, 5.41) is 3.10. The van der Waals surface area contributed by atoms with Crippen molar-refractivity contribution in [1.82, 2.24) is 5.32 Å². The van der Waals surface area contributed by atoms with E-state index in [2.05, 4.69) is 11.9 Å². The number of allylic oxidation sites excluding steroid dienone is 2. The van der Waals surface area contributed by atoms with Crippen LogP contribution in [0.3, 0.4) is 0 Å². The van der Waals surface area contributed by atoms with E-state index in [1.165, 1.54) is 0 Å².